The van der Waals surface area contributed by atoms with Crippen LogP contribution >= 0.6 is 0 Å². The lowest BCUT2D eigenvalue weighted by molar-refractivity contribution is -0.117. The number of Topliss-reactive ketones (excluding diaryl/α,β-unsaturated/α-hetero) is 1. The van der Waals surface area contributed by atoms with Crippen molar-refractivity contribution < 1.29 is 4.79 Å². The molecule has 0 aromatic rings. The van der Waals surface area contributed by atoms with Crippen LogP contribution in [0.25, 0.3) is 0 Å². The molecule has 0 heterocycles. The molecule has 0 fully saturated rings. The van der Waals surface area contributed by atoms with Gasteiger partial charge in [0.1, 0.15) is 5.78 Å². The highest BCUT2D eigenvalue weighted by atomic mass is 16.1. The highest BCUT2D eigenvalue weighted by Gasteiger charge is 2.34. The van der Waals surface area contributed by atoms with Crippen LogP contribution in [0.3, 0.4) is 0 Å². The molecule has 0 aromatic carbocycles. The molecule has 0 N–H and O–H groups in total. The van der Waals surface area contributed by atoms with Crippen molar-refractivity contribution in [1.29, 1.82) is 0 Å². The number of carbonyl (C=O) groups excluding carboxylic acids is 1. The van der Waals surface area contributed by atoms with E-state index in [1.165, 1.54) is 18.4 Å². The molecule has 1 aliphatic rings. The summed E-state index contributed by atoms with van der Waals surface area (Å²) < 4.78 is 0. The average molecular weight is 194 g/mol. The minimum absolute atomic E-state index is 0.268. The number of ketones is 1. The van der Waals surface area contributed by atoms with Crippen LogP contribution in [-0.2, 0) is 4.79 Å². The van der Waals surface area contributed by atoms with E-state index in [-0.39, 0.29) is 5.41 Å². The van der Waals surface area contributed by atoms with E-state index >= 15 is 0 Å². The SMILES string of the molecule is CC(=O)CC[C@]1(C)C(C)=CCC[C@H]1C. The number of carbonyl (C=O) groups is 1. The van der Waals surface area contributed by atoms with Crippen LogP contribution in [-0.4, -0.2) is 5.78 Å². The van der Waals surface area contributed by atoms with E-state index in [0.717, 1.165) is 12.8 Å². The van der Waals surface area contributed by atoms with Crippen molar-refractivity contribution in [2.45, 2.75) is 53.4 Å². The van der Waals surface area contributed by atoms with Crippen molar-refractivity contribution in [3.05, 3.63) is 11.6 Å². The van der Waals surface area contributed by atoms with E-state index < -0.39 is 0 Å². The highest BCUT2D eigenvalue weighted by Crippen LogP contribution is 2.45. The van der Waals surface area contributed by atoms with Gasteiger partial charge in [-0.3, -0.25) is 0 Å². The molecule has 1 nitrogen and oxygen atoms in total. The summed E-state index contributed by atoms with van der Waals surface area (Å²) in [6, 6.07) is 0. The van der Waals surface area contributed by atoms with E-state index in [2.05, 4.69) is 26.8 Å². The molecule has 0 spiro atoms. The van der Waals surface area contributed by atoms with Crippen LogP contribution in [0, 0.1) is 11.3 Å². The van der Waals surface area contributed by atoms with Gasteiger partial charge in [0, 0.05) is 6.42 Å². The first-order valence-corrected chi connectivity index (χ1v) is 5.63. The van der Waals surface area contributed by atoms with Gasteiger partial charge in [-0.05, 0) is 44.4 Å². The Balaban J connectivity index is 2.72. The largest absolute Gasteiger partial charge is 0.300 e. The number of rotatable bonds is 3. The van der Waals surface area contributed by atoms with Crippen molar-refractivity contribution in [2.24, 2.45) is 11.3 Å². The Bertz CT molecular complexity index is 252. The molecular weight excluding hydrogens is 172 g/mol. The Morgan fingerprint density at radius 3 is 2.79 bits per heavy atom. The highest BCUT2D eigenvalue weighted by molar-refractivity contribution is 5.75. The second-order valence-electron chi connectivity index (χ2n) is 4.99. The summed E-state index contributed by atoms with van der Waals surface area (Å²) in [5.41, 5.74) is 1.75. The van der Waals surface area contributed by atoms with Gasteiger partial charge in [-0.25, -0.2) is 0 Å². The van der Waals surface area contributed by atoms with E-state index in [1.54, 1.807) is 6.92 Å². The molecule has 1 heteroatoms. The van der Waals surface area contributed by atoms with Gasteiger partial charge in [0.05, 0.1) is 0 Å². The first-order valence-electron chi connectivity index (χ1n) is 5.63. The molecule has 0 saturated carbocycles. The number of allylic oxidation sites excluding steroid dienone is 2. The second kappa shape index (κ2) is 4.29. The maximum absolute atomic E-state index is 11.0. The standard InChI is InChI=1S/C13H22O/c1-10-6-5-7-11(2)13(10,4)9-8-12(3)14/h6,11H,5,7-9H2,1-4H3/t11-,13-/m1/s1. The monoisotopic (exact) mass is 194 g/mol. The maximum Gasteiger partial charge on any atom is 0.129 e. The van der Waals surface area contributed by atoms with E-state index in [0.29, 0.717) is 11.7 Å². The molecule has 0 saturated heterocycles. The predicted molar refractivity (Wildman–Crippen MR) is 60.2 cm³/mol. The van der Waals surface area contributed by atoms with Crippen molar-refractivity contribution in [3.63, 3.8) is 0 Å². The Morgan fingerprint density at radius 1 is 1.64 bits per heavy atom. The molecule has 2 atom stereocenters. The van der Waals surface area contributed by atoms with Crippen LogP contribution < -0.4 is 0 Å². The zero-order valence-electron chi connectivity index (χ0n) is 9.89. The number of hydrogen-bond acceptors (Lipinski definition) is 1. The van der Waals surface area contributed by atoms with Crippen LogP contribution in [0.15, 0.2) is 11.6 Å². The fourth-order valence-electron chi connectivity index (χ4n) is 2.37. The first kappa shape index (κ1) is 11.5. The van der Waals surface area contributed by atoms with Crippen LogP contribution in [0.1, 0.15) is 53.4 Å². The lowest BCUT2D eigenvalue weighted by atomic mass is 9.65. The average Bonchev–Trinajstić information content (AvgIpc) is 2.11. The Labute approximate surface area is 87.6 Å². The third-order valence-corrected chi connectivity index (χ3v) is 4.04. The summed E-state index contributed by atoms with van der Waals surface area (Å²) in [5, 5.41) is 0. The summed E-state index contributed by atoms with van der Waals surface area (Å²) in [7, 11) is 0. The van der Waals surface area contributed by atoms with Crippen molar-refractivity contribution in [2.75, 3.05) is 0 Å². The van der Waals surface area contributed by atoms with Crippen molar-refractivity contribution in [3.8, 4) is 0 Å². The van der Waals surface area contributed by atoms with Crippen molar-refractivity contribution in [1.82, 2.24) is 0 Å². The predicted octanol–water partition coefficient (Wildman–Crippen LogP) is 3.74. The molecule has 0 radical (unpaired) electrons. The van der Waals surface area contributed by atoms with E-state index in [9.17, 15) is 4.79 Å². The van der Waals surface area contributed by atoms with Crippen LogP contribution in [0.2, 0.25) is 0 Å². The molecule has 80 valence electrons. The van der Waals surface area contributed by atoms with E-state index in [4.69, 9.17) is 0 Å². The summed E-state index contributed by atoms with van der Waals surface area (Å²) in [4.78, 5) is 11.0. The maximum atomic E-state index is 11.0. The third-order valence-electron chi connectivity index (χ3n) is 4.04. The van der Waals surface area contributed by atoms with Crippen LogP contribution in [0.5, 0.6) is 0 Å². The minimum atomic E-state index is 0.268. The molecule has 0 amide bonds. The fraction of sp³-hybridized carbons (Fsp3) is 0.769. The smallest absolute Gasteiger partial charge is 0.129 e. The zero-order chi connectivity index (χ0) is 10.8. The van der Waals surface area contributed by atoms with Gasteiger partial charge in [0.2, 0.25) is 0 Å². The molecular formula is C13H22O. The Kier molecular flexibility index (Phi) is 3.52. The molecule has 1 aliphatic carbocycles. The quantitative estimate of drug-likeness (QED) is 0.625. The lowest BCUT2D eigenvalue weighted by Gasteiger charge is -2.40. The molecule has 0 aliphatic heterocycles. The normalized spacial score (nSPS) is 32.6. The van der Waals surface area contributed by atoms with Gasteiger partial charge in [0.25, 0.3) is 0 Å². The Morgan fingerprint density at radius 2 is 2.29 bits per heavy atom. The first-order chi connectivity index (χ1) is 6.47. The van der Waals surface area contributed by atoms with Crippen molar-refractivity contribution >= 4 is 5.78 Å². The van der Waals surface area contributed by atoms with Gasteiger partial charge in [-0.2, -0.15) is 0 Å². The summed E-state index contributed by atoms with van der Waals surface area (Å²) >= 11 is 0. The Hall–Kier alpha value is -0.590. The van der Waals surface area contributed by atoms with Crippen LogP contribution in [0.4, 0.5) is 0 Å². The molecule has 0 unspecified atom stereocenters. The molecule has 14 heavy (non-hydrogen) atoms. The zero-order valence-corrected chi connectivity index (χ0v) is 9.89. The molecule has 0 bridgehead atoms. The van der Waals surface area contributed by atoms with Gasteiger partial charge in [-0.15, -0.1) is 0 Å². The van der Waals surface area contributed by atoms with E-state index in [1.807, 2.05) is 0 Å². The fourth-order valence-corrected chi connectivity index (χ4v) is 2.37. The topological polar surface area (TPSA) is 17.1 Å². The summed E-state index contributed by atoms with van der Waals surface area (Å²) in [5.74, 6) is 1.03. The molecule has 1 rings (SSSR count). The van der Waals surface area contributed by atoms with Gasteiger partial charge in [-0.1, -0.05) is 25.5 Å². The number of hydrogen-bond donors (Lipinski definition) is 0. The minimum Gasteiger partial charge on any atom is -0.300 e. The van der Waals surface area contributed by atoms with Gasteiger partial charge in [0.15, 0.2) is 0 Å². The molecule has 0 aromatic heterocycles. The third kappa shape index (κ3) is 2.26. The van der Waals surface area contributed by atoms with Gasteiger partial charge >= 0.3 is 0 Å². The summed E-state index contributed by atoms with van der Waals surface area (Å²) in [6.45, 7) is 8.54. The summed E-state index contributed by atoms with van der Waals surface area (Å²) in [6.07, 6.45) is 6.58. The second-order valence-corrected chi connectivity index (χ2v) is 4.99. The lowest BCUT2D eigenvalue weighted by Crippen LogP contribution is -2.30. The van der Waals surface area contributed by atoms with Gasteiger partial charge < -0.3 is 4.79 Å².